The summed E-state index contributed by atoms with van der Waals surface area (Å²) in [5.41, 5.74) is 3.10. The second-order valence-electron chi connectivity index (χ2n) is 11.7. The third kappa shape index (κ3) is 8.39. The lowest BCUT2D eigenvalue weighted by molar-refractivity contribution is -0.140. The van der Waals surface area contributed by atoms with Crippen molar-refractivity contribution in [2.45, 2.75) is 67.4 Å². The molecular formula is C37H41N3O4S2. The van der Waals surface area contributed by atoms with E-state index in [9.17, 15) is 18.0 Å². The van der Waals surface area contributed by atoms with Gasteiger partial charge < -0.3 is 10.2 Å². The van der Waals surface area contributed by atoms with Crippen molar-refractivity contribution >= 4 is 39.3 Å². The number of anilines is 1. The van der Waals surface area contributed by atoms with Crippen LogP contribution in [0.5, 0.6) is 0 Å². The van der Waals surface area contributed by atoms with Crippen LogP contribution in [0.2, 0.25) is 0 Å². The molecule has 0 heterocycles. The first-order valence-corrected chi connectivity index (χ1v) is 18.3. The highest BCUT2D eigenvalue weighted by molar-refractivity contribution is 7.98. The first-order chi connectivity index (χ1) is 22.2. The van der Waals surface area contributed by atoms with Crippen molar-refractivity contribution in [2.24, 2.45) is 0 Å². The Bertz CT molecular complexity index is 1690. The van der Waals surface area contributed by atoms with Crippen LogP contribution in [0, 0.1) is 6.92 Å². The second-order valence-corrected chi connectivity index (χ2v) is 14.5. The molecule has 4 aromatic rings. The van der Waals surface area contributed by atoms with E-state index in [-0.39, 0.29) is 23.4 Å². The summed E-state index contributed by atoms with van der Waals surface area (Å²) in [6.07, 6.45) is 6.16. The first-order valence-electron chi connectivity index (χ1n) is 15.7. The van der Waals surface area contributed by atoms with Crippen molar-refractivity contribution in [1.82, 2.24) is 10.2 Å². The highest BCUT2D eigenvalue weighted by Gasteiger charge is 2.35. The zero-order valence-corrected chi connectivity index (χ0v) is 28.0. The Morgan fingerprint density at radius 2 is 1.41 bits per heavy atom. The van der Waals surface area contributed by atoms with E-state index in [1.165, 1.54) is 11.8 Å². The first kappa shape index (κ1) is 33.3. The standard InChI is InChI=1S/C37H41N3O4S2/c1-28-17-19-32(20-18-28)40(46(43,44)34-23-21-33(45-2)22-24-34)27-36(41)39(26-30-13-7-4-8-14-30)35(25-29-11-5-3-6-12-29)37(42)38-31-15-9-10-16-31/h3-8,11-14,17-24,31,35H,9-10,15-16,25-27H2,1-2H3,(H,38,42). The van der Waals surface area contributed by atoms with E-state index in [4.69, 9.17) is 0 Å². The average molecular weight is 656 g/mol. The molecule has 0 radical (unpaired) electrons. The molecule has 1 aliphatic rings. The van der Waals surface area contributed by atoms with E-state index in [1.807, 2.05) is 86.0 Å². The van der Waals surface area contributed by atoms with E-state index in [0.717, 1.165) is 51.6 Å². The third-order valence-corrected chi connectivity index (χ3v) is 10.9. The molecule has 46 heavy (non-hydrogen) atoms. The quantitative estimate of drug-likeness (QED) is 0.164. The SMILES string of the molecule is CSc1ccc(S(=O)(=O)N(CC(=O)N(Cc2ccccc2)C(Cc2ccccc2)C(=O)NC2CCCC2)c2ccc(C)cc2)cc1. The predicted molar refractivity (Wildman–Crippen MR) is 185 cm³/mol. The number of hydrogen-bond donors (Lipinski definition) is 1. The maximum absolute atomic E-state index is 14.6. The molecule has 240 valence electrons. The summed E-state index contributed by atoms with van der Waals surface area (Å²) in [6.45, 7) is 1.61. The number of rotatable bonds is 13. The lowest BCUT2D eigenvalue weighted by Gasteiger charge is -2.34. The molecule has 1 atom stereocenters. The summed E-state index contributed by atoms with van der Waals surface area (Å²) in [5, 5.41) is 3.21. The van der Waals surface area contributed by atoms with Crippen LogP contribution in [-0.4, -0.2) is 50.0 Å². The topological polar surface area (TPSA) is 86.8 Å². The highest BCUT2D eigenvalue weighted by Crippen LogP contribution is 2.27. The fraction of sp³-hybridized carbons (Fsp3) is 0.297. The van der Waals surface area contributed by atoms with E-state index in [0.29, 0.717) is 12.1 Å². The van der Waals surface area contributed by atoms with Crippen LogP contribution in [0.25, 0.3) is 0 Å². The molecule has 0 saturated heterocycles. The maximum Gasteiger partial charge on any atom is 0.264 e. The minimum atomic E-state index is -4.14. The summed E-state index contributed by atoms with van der Waals surface area (Å²) in [6, 6.07) is 32.1. The molecule has 2 amide bonds. The minimum absolute atomic E-state index is 0.0631. The zero-order valence-electron chi connectivity index (χ0n) is 26.3. The molecule has 0 aliphatic heterocycles. The Morgan fingerprint density at radius 1 is 0.826 bits per heavy atom. The predicted octanol–water partition coefficient (Wildman–Crippen LogP) is 6.61. The summed E-state index contributed by atoms with van der Waals surface area (Å²) in [7, 11) is -4.14. The van der Waals surface area contributed by atoms with Crippen LogP contribution in [0.3, 0.4) is 0 Å². The molecule has 5 rings (SSSR count). The maximum atomic E-state index is 14.6. The Labute approximate surface area is 277 Å². The fourth-order valence-electron chi connectivity index (χ4n) is 5.82. The van der Waals surface area contributed by atoms with Crippen molar-refractivity contribution < 1.29 is 18.0 Å². The van der Waals surface area contributed by atoms with Crippen molar-refractivity contribution in [3.63, 3.8) is 0 Å². The molecule has 4 aromatic carbocycles. The van der Waals surface area contributed by atoms with Crippen molar-refractivity contribution in [3.05, 3.63) is 126 Å². The van der Waals surface area contributed by atoms with Gasteiger partial charge in [0.25, 0.3) is 10.0 Å². The van der Waals surface area contributed by atoms with E-state index < -0.39 is 28.5 Å². The number of carbonyl (C=O) groups excluding carboxylic acids is 2. The van der Waals surface area contributed by atoms with Crippen LogP contribution in [0.15, 0.2) is 119 Å². The summed E-state index contributed by atoms with van der Waals surface area (Å²) in [4.78, 5) is 31.2. The van der Waals surface area contributed by atoms with Gasteiger partial charge in [-0.25, -0.2) is 8.42 Å². The molecule has 0 spiro atoms. The number of thioether (sulfide) groups is 1. The van der Waals surface area contributed by atoms with Gasteiger partial charge in [-0.1, -0.05) is 91.2 Å². The molecule has 1 saturated carbocycles. The number of sulfonamides is 1. The smallest absolute Gasteiger partial charge is 0.264 e. The number of carbonyl (C=O) groups is 2. The van der Waals surface area contributed by atoms with Crippen molar-refractivity contribution in [2.75, 3.05) is 17.1 Å². The molecule has 1 unspecified atom stereocenters. The zero-order chi connectivity index (χ0) is 32.5. The van der Waals surface area contributed by atoms with E-state index >= 15 is 0 Å². The van der Waals surface area contributed by atoms with Crippen LogP contribution in [-0.2, 0) is 32.6 Å². The monoisotopic (exact) mass is 655 g/mol. The molecule has 7 nitrogen and oxygen atoms in total. The molecular weight excluding hydrogens is 615 g/mol. The molecule has 0 aromatic heterocycles. The van der Waals surface area contributed by atoms with Gasteiger partial charge in [0.1, 0.15) is 12.6 Å². The van der Waals surface area contributed by atoms with Crippen LogP contribution in [0.4, 0.5) is 5.69 Å². The second kappa shape index (κ2) is 15.5. The van der Waals surface area contributed by atoms with Gasteiger partial charge in [0.2, 0.25) is 11.8 Å². The van der Waals surface area contributed by atoms with Gasteiger partial charge in [0, 0.05) is 23.9 Å². The Kier molecular flexibility index (Phi) is 11.2. The highest BCUT2D eigenvalue weighted by atomic mass is 32.2. The Hall–Kier alpha value is -4.08. The summed E-state index contributed by atoms with van der Waals surface area (Å²) >= 11 is 1.52. The lowest BCUT2D eigenvalue weighted by atomic mass is 10.0. The number of amides is 2. The van der Waals surface area contributed by atoms with Gasteiger partial charge in [0.15, 0.2) is 0 Å². The summed E-state index contributed by atoms with van der Waals surface area (Å²) < 4.78 is 29.6. The fourth-order valence-corrected chi connectivity index (χ4v) is 7.64. The molecule has 1 aliphatic carbocycles. The van der Waals surface area contributed by atoms with Gasteiger partial charge in [-0.15, -0.1) is 11.8 Å². The van der Waals surface area contributed by atoms with E-state index in [1.54, 1.807) is 41.3 Å². The normalized spacial score (nSPS) is 14.0. The molecule has 1 N–H and O–H groups in total. The van der Waals surface area contributed by atoms with Crippen molar-refractivity contribution in [3.8, 4) is 0 Å². The molecule has 9 heteroatoms. The largest absolute Gasteiger partial charge is 0.352 e. The van der Waals surface area contributed by atoms with Gasteiger partial charge in [0.05, 0.1) is 10.6 Å². The van der Waals surface area contributed by atoms with Crippen LogP contribution < -0.4 is 9.62 Å². The molecule has 1 fully saturated rings. The average Bonchev–Trinajstić information content (AvgIpc) is 3.59. The number of nitrogens with zero attached hydrogens (tertiary/aromatic N) is 2. The molecule has 0 bridgehead atoms. The lowest BCUT2D eigenvalue weighted by Crippen LogP contribution is -2.54. The van der Waals surface area contributed by atoms with Crippen molar-refractivity contribution in [1.29, 1.82) is 0 Å². The van der Waals surface area contributed by atoms with Gasteiger partial charge >= 0.3 is 0 Å². The number of aryl methyl sites for hydroxylation is 1. The summed E-state index contributed by atoms with van der Waals surface area (Å²) in [5.74, 6) is -0.686. The Morgan fingerprint density at radius 3 is 2.00 bits per heavy atom. The number of nitrogens with one attached hydrogen (secondary N) is 1. The van der Waals surface area contributed by atoms with Gasteiger partial charge in [-0.2, -0.15) is 0 Å². The number of hydrogen-bond acceptors (Lipinski definition) is 5. The number of benzene rings is 4. The van der Waals surface area contributed by atoms with Crippen LogP contribution >= 0.6 is 11.8 Å². The third-order valence-electron chi connectivity index (χ3n) is 8.42. The van der Waals surface area contributed by atoms with E-state index in [2.05, 4.69) is 5.32 Å². The van der Waals surface area contributed by atoms with Gasteiger partial charge in [-0.3, -0.25) is 13.9 Å². The minimum Gasteiger partial charge on any atom is -0.352 e. The van der Waals surface area contributed by atoms with Gasteiger partial charge in [-0.05, 0) is 73.5 Å². The van der Waals surface area contributed by atoms with Crippen LogP contribution in [0.1, 0.15) is 42.4 Å². The Balaban J connectivity index is 1.54.